The second-order valence-electron chi connectivity index (χ2n) is 6.45. The minimum absolute atomic E-state index is 0.0953. The molecule has 0 unspecified atom stereocenters. The molecule has 0 bridgehead atoms. The van der Waals surface area contributed by atoms with Crippen molar-refractivity contribution in [3.05, 3.63) is 44.9 Å². The molecule has 3 rings (SSSR count). The number of anilines is 1. The van der Waals surface area contributed by atoms with Gasteiger partial charge in [0.1, 0.15) is 9.88 Å². The van der Waals surface area contributed by atoms with Gasteiger partial charge in [0.05, 0.1) is 12.3 Å². The number of benzene rings is 1. The van der Waals surface area contributed by atoms with Gasteiger partial charge >= 0.3 is 0 Å². The molecule has 0 radical (unpaired) electrons. The minimum Gasteiger partial charge on any atom is -0.378 e. The molecule has 0 atom stereocenters. The minimum atomic E-state index is 0.0953. The highest BCUT2D eigenvalue weighted by molar-refractivity contribution is 7.13. The largest absolute Gasteiger partial charge is 0.378 e. The number of carbonyl (C=O) groups excluding carboxylic acids is 1. The van der Waals surface area contributed by atoms with Gasteiger partial charge in [-0.1, -0.05) is 12.1 Å². The van der Waals surface area contributed by atoms with E-state index >= 15 is 0 Å². The summed E-state index contributed by atoms with van der Waals surface area (Å²) in [6.07, 6.45) is 0. The number of hydrogen-bond donors (Lipinski definition) is 0. The maximum atomic E-state index is 12.8. The molecule has 1 aliphatic rings. The van der Waals surface area contributed by atoms with Gasteiger partial charge in [0.2, 0.25) is 0 Å². The van der Waals surface area contributed by atoms with Gasteiger partial charge in [-0.3, -0.25) is 4.79 Å². The molecule has 2 heterocycles. The summed E-state index contributed by atoms with van der Waals surface area (Å²) in [6, 6.07) is 6.42. The topological polar surface area (TPSA) is 45.7 Å². The number of aryl methyl sites for hydroxylation is 2. The molecule has 134 valence electrons. The lowest BCUT2D eigenvalue weighted by Gasteiger charge is -2.37. The number of methoxy groups -OCH3 is 1. The summed E-state index contributed by atoms with van der Waals surface area (Å²) >= 11 is 1.45. The summed E-state index contributed by atoms with van der Waals surface area (Å²) in [5, 5.41) is 0.859. The first kappa shape index (κ1) is 17.9. The zero-order valence-corrected chi connectivity index (χ0v) is 16.2. The number of nitrogens with zero attached hydrogens (tertiary/aromatic N) is 3. The lowest BCUT2D eigenvalue weighted by atomic mass is 10.1. The molecule has 0 spiro atoms. The van der Waals surface area contributed by atoms with E-state index < -0.39 is 0 Å². The Kier molecular flexibility index (Phi) is 5.39. The molecule has 1 amide bonds. The Bertz CT molecular complexity index is 764. The van der Waals surface area contributed by atoms with Crippen LogP contribution in [0.25, 0.3) is 0 Å². The molecule has 1 saturated heterocycles. The zero-order chi connectivity index (χ0) is 18.0. The Hall–Kier alpha value is -1.92. The predicted octanol–water partition coefficient (Wildman–Crippen LogP) is 3.18. The molecule has 1 aromatic carbocycles. The third-order valence-corrected chi connectivity index (χ3v) is 5.91. The van der Waals surface area contributed by atoms with E-state index in [2.05, 4.69) is 41.9 Å². The molecule has 2 aromatic rings. The molecular formula is C19H25N3O2S. The van der Waals surface area contributed by atoms with Crippen molar-refractivity contribution in [3.8, 4) is 0 Å². The third kappa shape index (κ3) is 3.70. The van der Waals surface area contributed by atoms with E-state index in [1.165, 1.54) is 28.2 Å². The Labute approximate surface area is 153 Å². The van der Waals surface area contributed by atoms with Crippen LogP contribution in [0.2, 0.25) is 0 Å². The van der Waals surface area contributed by atoms with E-state index in [9.17, 15) is 4.79 Å². The second-order valence-corrected chi connectivity index (χ2v) is 7.54. The van der Waals surface area contributed by atoms with Crippen LogP contribution in [-0.4, -0.2) is 49.1 Å². The monoisotopic (exact) mass is 359 g/mol. The van der Waals surface area contributed by atoms with Crippen LogP contribution in [0.5, 0.6) is 0 Å². The molecule has 1 fully saturated rings. The lowest BCUT2D eigenvalue weighted by molar-refractivity contribution is 0.0750. The highest BCUT2D eigenvalue weighted by Gasteiger charge is 2.26. The van der Waals surface area contributed by atoms with Gasteiger partial charge in [-0.25, -0.2) is 4.98 Å². The van der Waals surface area contributed by atoms with E-state index in [1.807, 2.05) is 11.8 Å². The first-order valence-corrected chi connectivity index (χ1v) is 9.38. The first-order valence-electron chi connectivity index (χ1n) is 8.57. The summed E-state index contributed by atoms with van der Waals surface area (Å²) in [5.74, 6) is 0.0953. The Morgan fingerprint density at radius 2 is 1.92 bits per heavy atom. The quantitative estimate of drug-likeness (QED) is 0.841. The average molecular weight is 359 g/mol. The zero-order valence-electron chi connectivity index (χ0n) is 15.3. The summed E-state index contributed by atoms with van der Waals surface area (Å²) in [5.41, 5.74) is 4.72. The summed E-state index contributed by atoms with van der Waals surface area (Å²) in [6.45, 7) is 9.86. The van der Waals surface area contributed by atoms with E-state index in [4.69, 9.17) is 4.74 Å². The van der Waals surface area contributed by atoms with Gasteiger partial charge in [-0.2, -0.15) is 0 Å². The van der Waals surface area contributed by atoms with Crippen molar-refractivity contribution in [1.82, 2.24) is 9.88 Å². The van der Waals surface area contributed by atoms with Crippen molar-refractivity contribution < 1.29 is 9.53 Å². The molecule has 0 aliphatic carbocycles. The molecular weight excluding hydrogens is 334 g/mol. The predicted molar refractivity (Wildman–Crippen MR) is 102 cm³/mol. The molecule has 0 saturated carbocycles. The van der Waals surface area contributed by atoms with E-state index in [1.54, 1.807) is 7.11 Å². The number of carbonyl (C=O) groups is 1. The lowest BCUT2D eigenvalue weighted by Crippen LogP contribution is -2.49. The fourth-order valence-electron chi connectivity index (χ4n) is 3.21. The van der Waals surface area contributed by atoms with Crippen molar-refractivity contribution in [2.45, 2.75) is 27.4 Å². The van der Waals surface area contributed by atoms with Gasteiger partial charge in [0.25, 0.3) is 5.91 Å². The molecule has 0 N–H and O–H groups in total. The van der Waals surface area contributed by atoms with Crippen LogP contribution in [-0.2, 0) is 11.3 Å². The van der Waals surface area contributed by atoms with E-state index in [-0.39, 0.29) is 5.91 Å². The van der Waals surface area contributed by atoms with Crippen LogP contribution in [0.3, 0.4) is 0 Å². The smallest absolute Gasteiger partial charge is 0.265 e. The number of amides is 1. The van der Waals surface area contributed by atoms with Crippen LogP contribution in [0.15, 0.2) is 18.2 Å². The van der Waals surface area contributed by atoms with Crippen molar-refractivity contribution in [2.75, 3.05) is 38.2 Å². The molecule has 1 aromatic heterocycles. The van der Waals surface area contributed by atoms with Crippen LogP contribution < -0.4 is 4.90 Å². The fraction of sp³-hybridized carbons (Fsp3) is 0.474. The van der Waals surface area contributed by atoms with Gasteiger partial charge < -0.3 is 14.5 Å². The standard InChI is InChI=1S/C19H25N3O2S/c1-13-6-5-7-16(14(13)2)21-8-10-22(11-9-21)19(23)18-15(3)20-17(25-18)12-24-4/h5-7H,8-12H2,1-4H3. The summed E-state index contributed by atoms with van der Waals surface area (Å²) in [7, 11) is 1.64. The molecule has 1 aliphatic heterocycles. The van der Waals surface area contributed by atoms with Crippen molar-refractivity contribution in [1.29, 1.82) is 0 Å². The third-order valence-electron chi connectivity index (χ3n) is 4.79. The Balaban J connectivity index is 1.68. The number of rotatable bonds is 4. The number of piperazine rings is 1. The van der Waals surface area contributed by atoms with Crippen molar-refractivity contribution >= 4 is 22.9 Å². The number of hydrogen-bond acceptors (Lipinski definition) is 5. The highest BCUT2D eigenvalue weighted by Crippen LogP contribution is 2.25. The van der Waals surface area contributed by atoms with Crippen LogP contribution in [0.1, 0.15) is 31.5 Å². The van der Waals surface area contributed by atoms with E-state index in [0.29, 0.717) is 6.61 Å². The van der Waals surface area contributed by atoms with Gasteiger partial charge in [0.15, 0.2) is 0 Å². The fourth-order valence-corrected chi connectivity index (χ4v) is 4.21. The van der Waals surface area contributed by atoms with Crippen LogP contribution >= 0.6 is 11.3 Å². The molecule has 6 heteroatoms. The second kappa shape index (κ2) is 7.54. The van der Waals surface area contributed by atoms with Crippen molar-refractivity contribution in [3.63, 3.8) is 0 Å². The summed E-state index contributed by atoms with van der Waals surface area (Å²) < 4.78 is 5.12. The summed E-state index contributed by atoms with van der Waals surface area (Å²) in [4.78, 5) is 22.3. The van der Waals surface area contributed by atoms with Gasteiger partial charge in [0, 0.05) is 39.0 Å². The number of thiazole rings is 1. The van der Waals surface area contributed by atoms with E-state index in [0.717, 1.165) is 41.8 Å². The van der Waals surface area contributed by atoms with Gasteiger partial charge in [-0.05, 0) is 38.0 Å². The maximum absolute atomic E-state index is 12.8. The van der Waals surface area contributed by atoms with Crippen LogP contribution in [0.4, 0.5) is 5.69 Å². The Morgan fingerprint density at radius 1 is 1.20 bits per heavy atom. The number of aromatic nitrogens is 1. The highest BCUT2D eigenvalue weighted by atomic mass is 32.1. The maximum Gasteiger partial charge on any atom is 0.265 e. The van der Waals surface area contributed by atoms with Crippen molar-refractivity contribution in [2.24, 2.45) is 0 Å². The Morgan fingerprint density at radius 3 is 2.60 bits per heavy atom. The van der Waals surface area contributed by atoms with Crippen LogP contribution in [0, 0.1) is 20.8 Å². The number of ether oxygens (including phenoxy) is 1. The molecule has 25 heavy (non-hydrogen) atoms. The first-order chi connectivity index (χ1) is 12.0. The van der Waals surface area contributed by atoms with Gasteiger partial charge in [-0.15, -0.1) is 11.3 Å². The molecule has 5 nitrogen and oxygen atoms in total. The SMILES string of the molecule is COCc1nc(C)c(C(=O)N2CCN(c3cccc(C)c3C)CC2)s1. The normalized spacial score (nSPS) is 14.9. The average Bonchev–Trinajstić information content (AvgIpc) is 2.98.